The van der Waals surface area contributed by atoms with Crippen LogP contribution in [0.15, 0.2) is 41.9 Å². The van der Waals surface area contributed by atoms with Crippen LogP contribution in [0, 0.1) is 0 Å². The second-order valence-corrected chi connectivity index (χ2v) is 8.27. The molecule has 8 heteroatoms. The van der Waals surface area contributed by atoms with Gasteiger partial charge in [-0.15, -0.1) is 22.9 Å². The number of amides is 1. The number of allylic oxidation sites excluding steroid dienone is 4. The van der Waals surface area contributed by atoms with Gasteiger partial charge in [0, 0.05) is 18.5 Å². The van der Waals surface area contributed by atoms with Gasteiger partial charge in [0.1, 0.15) is 5.69 Å². The number of hydrogen-bond acceptors (Lipinski definition) is 6. The minimum absolute atomic E-state index is 0.0989. The number of halogens is 1. The minimum atomic E-state index is -0.307. The maximum absolute atomic E-state index is 12.5. The molecule has 2 aromatic heterocycles. The normalized spacial score (nSPS) is 22.1. The van der Waals surface area contributed by atoms with E-state index in [0.717, 1.165) is 42.8 Å². The maximum Gasteiger partial charge on any atom is 0.276 e. The molecule has 2 atom stereocenters. The summed E-state index contributed by atoms with van der Waals surface area (Å²) in [6, 6.07) is 3.56. The molecule has 1 aliphatic heterocycles. The van der Waals surface area contributed by atoms with Crippen LogP contribution in [0.5, 0.6) is 0 Å². The van der Waals surface area contributed by atoms with Crippen LogP contribution in [0.4, 0.5) is 10.8 Å². The third-order valence-electron chi connectivity index (χ3n) is 4.85. The van der Waals surface area contributed by atoms with Gasteiger partial charge in [-0.25, -0.2) is 9.97 Å². The van der Waals surface area contributed by atoms with Crippen LogP contribution in [0.3, 0.4) is 0 Å². The summed E-state index contributed by atoms with van der Waals surface area (Å²) in [5.74, 6) is -0.300. The lowest BCUT2D eigenvalue weighted by molar-refractivity contribution is 0.102. The topological polar surface area (TPSA) is 78.4 Å². The van der Waals surface area contributed by atoms with Gasteiger partial charge in [-0.1, -0.05) is 18.2 Å². The Labute approximate surface area is 172 Å². The number of aliphatic hydroxyl groups excluding tert-OH is 1. The van der Waals surface area contributed by atoms with Crippen molar-refractivity contribution in [1.29, 1.82) is 0 Å². The third kappa shape index (κ3) is 4.27. The fourth-order valence-electron chi connectivity index (χ4n) is 3.37. The van der Waals surface area contributed by atoms with Gasteiger partial charge in [-0.2, -0.15) is 0 Å². The predicted octanol–water partition coefficient (Wildman–Crippen LogP) is 3.70. The van der Waals surface area contributed by atoms with Crippen molar-refractivity contribution in [3.8, 4) is 0 Å². The second-order valence-electron chi connectivity index (χ2n) is 6.89. The average Bonchev–Trinajstić information content (AvgIpc) is 3.16. The number of rotatable bonds is 4. The van der Waals surface area contributed by atoms with Crippen molar-refractivity contribution >= 4 is 45.2 Å². The van der Waals surface area contributed by atoms with Crippen LogP contribution in [0.1, 0.15) is 35.4 Å². The summed E-state index contributed by atoms with van der Waals surface area (Å²) >= 11 is 7.71. The van der Waals surface area contributed by atoms with Crippen molar-refractivity contribution in [2.75, 3.05) is 23.3 Å². The van der Waals surface area contributed by atoms with Crippen molar-refractivity contribution < 1.29 is 9.90 Å². The third-order valence-corrected chi connectivity index (χ3v) is 6.03. The Morgan fingerprint density at radius 2 is 2.29 bits per heavy atom. The van der Waals surface area contributed by atoms with Crippen LogP contribution in [0.2, 0.25) is 0 Å². The van der Waals surface area contributed by atoms with Gasteiger partial charge in [-0.05, 0) is 37.0 Å². The molecule has 2 aromatic rings. The van der Waals surface area contributed by atoms with E-state index < -0.39 is 0 Å². The van der Waals surface area contributed by atoms with Gasteiger partial charge in [-0.3, -0.25) is 10.1 Å². The molecule has 0 bridgehead atoms. The summed E-state index contributed by atoms with van der Waals surface area (Å²) in [6.07, 6.45) is 9.88. The van der Waals surface area contributed by atoms with E-state index in [4.69, 9.17) is 11.6 Å². The Hall–Kier alpha value is -2.22. The first-order valence-corrected chi connectivity index (χ1v) is 10.6. The fraction of sp³-hybridized carbons (Fsp3) is 0.350. The Balaban J connectivity index is 1.41. The number of anilines is 2. The first-order valence-electron chi connectivity index (χ1n) is 9.27. The second kappa shape index (κ2) is 8.43. The number of hydrogen-bond donors (Lipinski definition) is 2. The van der Waals surface area contributed by atoms with Crippen molar-refractivity contribution in [1.82, 2.24) is 9.97 Å². The van der Waals surface area contributed by atoms with E-state index in [9.17, 15) is 9.90 Å². The van der Waals surface area contributed by atoms with Crippen molar-refractivity contribution in [2.24, 2.45) is 0 Å². The van der Waals surface area contributed by atoms with Crippen molar-refractivity contribution in [3.05, 3.63) is 53.3 Å². The smallest absolute Gasteiger partial charge is 0.276 e. The molecule has 0 saturated carbocycles. The first kappa shape index (κ1) is 19.1. The Kier molecular flexibility index (Phi) is 5.75. The number of alkyl halides is 1. The highest BCUT2D eigenvalue weighted by Gasteiger charge is 2.20. The minimum Gasteiger partial charge on any atom is -0.391 e. The summed E-state index contributed by atoms with van der Waals surface area (Å²) in [7, 11) is 0. The highest BCUT2D eigenvalue weighted by Crippen LogP contribution is 2.30. The molecule has 1 amide bonds. The maximum atomic E-state index is 12.5. The Bertz CT molecular complexity index is 909. The van der Waals surface area contributed by atoms with Crippen LogP contribution in [-0.2, 0) is 0 Å². The van der Waals surface area contributed by atoms with Gasteiger partial charge in [0.2, 0.25) is 0 Å². The number of nitrogens with one attached hydrogen (secondary N) is 1. The molecule has 1 saturated heterocycles. The summed E-state index contributed by atoms with van der Waals surface area (Å²) in [6.45, 7) is 1.49. The molecule has 1 fully saturated rings. The standard InChI is InChI=1S/C20H21ClN4O2S/c21-16-6-2-1-5-15(16)18-12-28-20(23-18)24-19(27)17-8-7-13(10-22-17)25-9-3-4-14(26)11-25/h1-2,5,7-8,10,12,14,16,26H,3-4,6,9,11H2,(H,23,24,27)/t14-,16?/m1/s1. The van der Waals surface area contributed by atoms with Crippen molar-refractivity contribution in [2.45, 2.75) is 30.7 Å². The molecule has 28 heavy (non-hydrogen) atoms. The number of nitrogens with zero attached hydrogens (tertiary/aromatic N) is 3. The van der Waals surface area contributed by atoms with Crippen LogP contribution in [-0.4, -0.2) is 45.6 Å². The van der Waals surface area contributed by atoms with E-state index in [-0.39, 0.29) is 17.4 Å². The molecule has 1 aliphatic carbocycles. The molecule has 4 rings (SSSR count). The quantitative estimate of drug-likeness (QED) is 0.743. The van der Waals surface area contributed by atoms with Gasteiger partial charge < -0.3 is 10.0 Å². The van der Waals surface area contributed by atoms with Crippen LogP contribution < -0.4 is 10.2 Å². The molecule has 2 aliphatic rings. The number of aromatic nitrogens is 2. The van der Waals surface area contributed by atoms with Crippen molar-refractivity contribution in [3.63, 3.8) is 0 Å². The zero-order valence-corrected chi connectivity index (χ0v) is 16.8. The van der Waals surface area contributed by atoms with Gasteiger partial charge >= 0.3 is 0 Å². The van der Waals surface area contributed by atoms with Gasteiger partial charge in [0.05, 0.1) is 29.1 Å². The molecule has 0 aromatic carbocycles. The first-order chi connectivity index (χ1) is 13.6. The van der Waals surface area contributed by atoms with E-state index >= 15 is 0 Å². The van der Waals surface area contributed by atoms with Crippen LogP contribution >= 0.6 is 22.9 Å². The lowest BCUT2D eigenvalue weighted by atomic mass is 10.0. The largest absolute Gasteiger partial charge is 0.391 e. The number of carbonyl (C=O) groups is 1. The van der Waals surface area contributed by atoms with Crippen LogP contribution in [0.25, 0.3) is 5.57 Å². The molecule has 1 unspecified atom stereocenters. The zero-order valence-electron chi connectivity index (χ0n) is 15.2. The molecular formula is C20H21ClN4O2S. The average molecular weight is 417 g/mol. The Morgan fingerprint density at radius 1 is 1.39 bits per heavy atom. The van der Waals surface area contributed by atoms with E-state index in [1.54, 1.807) is 12.3 Å². The number of β-amino-alcohol motifs (C(OH)–C–C–N with tert-alkyl or cyclic N) is 1. The molecule has 3 heterocycles. The number of piperidine rings is 1. The highest BCUT2D eigenvalue weighted by molar-refractivity contribution is 7.14. The molecule has 0 radical (unpaired) electrons. The fourth-order valence-corrected chi connectivity index (χ4v) is 4.37. The van der Waals surface area contributed by atoms with E-state index in [0.29, 0.717) is 17.4 Å². The summed E-state index contributed by atoms with van der Waals surface area (Å²) in [5, 5.41) is 14.9. The number of carbonyl (C=O) groups excluding carboxylic acids is 1. The molecule has 6 nitrogen and oxygen atoms in total. The number of pyridine rings is 1. The van der Waals surface area contributed by atoms with Gasteiger partial charge in [0.15, 0.2) is 5.13 Å². The van der Waals surface area contributed by atoms with E-state index in [1.165, 1.54) is 11.3 Å². The summed E-state index contributed by atoms with van der Waals surface area (Å²) < 4.78 is 0. The molecular weight excluding hydrogens is 396 g/mol. The Morgan fingerprint density at radius 3 is 3.04 bits per heavy atom. The highest BCUT2D eigenvalue weighted by atomic mass is 35.5. The van der Waals surface area contributed by atoms with E-state index in [2.05, 4.69) is 20.2 Å². The van der Waals surface area contributed by atoms with E-state index in [1.807, 2.05) is 29.7 Å². The predicted molar refractivity (Wildman–Crippen MR) is 113 cm³/mol. The lowest BCUT2D eigenvalue weighted by Gasteiger charge is -2.31. The van der Waals surface area contributed by atoms with Gasteiger partial charge in [0.25, 0.3) is 5.91 Å². The number of thiazole rings is 1. The summed E-state index contributed by atoms with van der Waals surface area (Å²) in [5.41, 5.74) is 2.99. The monoisotopic (exact) mass is 416 g/mol. The lowest BCUT2D eigenvalue weighted by Crippen LogP contribution is -2.38. The zero-order chi connectivity index (χ0) is 19.5. The number of aliphatic hydroxyl groups is 1. The molecule has 0 spiro atoms. The molecule has 2 N–H and O–H groups in total. The summed E-state index contributed by atoms with van der Waals surface area (Å²) in [4.78, 5) is 23.3. The molecule has 146 valence electrons. The SMILES string of the molecule is O=C(Nc1nc(C2=CC=CCC2Cl)cs1)c1ccc(N2CCC[C@@H](O)C2)cn1.